The maximum Gasteiger partial charge on any atom is 0.172 e. The fraction of sp³-hybridized carbons (Fsp3) is 0.364. The molecule has 2 nitrogen and oxygen atoms in total. The van der Waals surface area contributed by atoms with Crippen LogP contribution in [0.4, 0.5) is 0 Å². The fourth-order valence-electron chi connectivity index (χ4n) is 1.55. The van der Waals surface area contributed by atoms with Crippen molar-refractivity contribution in [3.63, 3.8) is 0 Å². The number of hydrogen-bond acceptors (Lipinski definition) is 3. The van der Waals surface area contributed by atoms with Crippen LogP contribution in [0.2, 0.25) is 0 Å². The highest BCUT2D eigenvalue weighted by Gasteiger charge is 2.14. The second-order valence-electron chi connectivity index (χ2n) is 3.28. The molecule has 0 spiro atoms. The van der Waals surface area contributed by atoms with Crippen molar-refractivity contribution in [1.82, 2.24) is 0 Å². The number of fused-ring (bicyclic) bond motifs is 1. The van der Waals surface area contributed by atoms with Gasteiger partial charge in [-0.05, 0) is 17.9 Å². The highest BCUT2D eigenvalue weighted by molar-refractivity contribution is 7.99. The summed E-state index contributed by atoms with van der Waals surface area (Å²) in [6, 6.07) is 5.75. The third-order valence-electron chi connectivity index (χ3n) is 2.29. The van der Waals surface area contributed by atoms with Crippen molar-refractivity contribution in [3.05, 3.63) is 29.3 Å². The summed E-state index contributed by atoms with van der Waals surface area (Å²) in [7, 11) is 0. The Morgan fingerprint density at radius 3 is 3.21 bits per heavy atom. The number of ketones is 1. The van der Waals surface area contributed by atoms with Gasteiger partial charge in [-0.1, -0.05) is 12.1 Å². The van der Waals surface area contributed by atoms with Crippen LogP contribution in [0.3, 0.4) is 0 Å². The molecule has 0 atom stereocenters. The van der Waals surface area contributed by atoms with E-state index in [1.807, 2.05) is 24.5 Å². The van der Waals surface area contributed by atoms with Crippen molar-refractivity contribution in [3.8, 4) is 5.75 Å². The van der Waals surface area contributed by atoms with Gasteiger partial charge in [0, 0.05) is 12.0 Å². The number of rotatable bonds is 3. The Bertz CT molecular complexity index is 360. The van der Waals surface area contributed by atoms with Gasteiger partial charge in [-0.2, -0.15) is 11.8 Å². The monoisotopic (exact) mass is 208 g/mol. The molecular weight excluding hydrogens is 196 g/mol. The van der Waals surface area contributed by atoms with Crippen LogP contribution in [0, 0.1) is 0 Å². The zero-order valence-electron chi connectivity index (χ0n) is 8.08. The predicted octanol–water partition coefficient (Wildman–Crippen LogP) is 2.17. The van der Waals surface area contributed by atoms with E-state index >= 15 is 0 Å². The van der Waals surface area contributed by atoms with Crippen molar-refractivity contribution in [2.75, 3.05) is 18.6 Å². The maximum absolute atomic E-state index is 11.6. The number of hydrogen-bond donors (Lipinski definition) is 0. The standard InChI is InChI=1S/C11H12O2S/c1-14-7-10(12)9-3-2-8-4-5-13-11(8)6-9/h2-3,6H,4-5,7H2,1H3. The topological polar surface area (TPSA) is 26.3 Å². The molecule has 1 aliphatic rings. The summed E-state index contributed by atoms with van der Waals surface area (Å²) >= 11 is 1.55. The molecule has 0 radical (unpaired) electrons. The van der Waals surface area contributed by atoms with Crippen LogP contribution in [0.5, 0.6) is 5.75 Å². The normalized spacial score (nSPS) is 13.5. The molecular formula is C11H12O2S. The number of Topliss-reactive ketones (excluding diaryl/α,β-unsaturated/α-hetero) is 1. The van der Waals surface area contributed by atoms with Crippen molar-refractivity contribution in [2.24, 2.45) is 0 Å². The van der Waals surface area contributed by atoms with E-state index in [1.165, 1.54) is 5.56 Å². The molecule has 3 heteroatoms. The van der Waals surface area contributed by atoms with Gasteiger partial charge in [-0.15, -0.1) is 0 Å². The largest absolute Gasteiger partial charge is 0.493 e. The van der Waals surface area contributed by atoms with Crippen LogP contribution in [-0.4, -0.2) is 24.4 Å². The smallest absolute Gasteiger partial charge is 0.172 e. The Balaban J connectivity index is 2.24. The second kappa shape index (κ2) is 4.05. The minimum atomic E-state index is 0.177. The first kappa shape index (κ1) is 9.59. The molecule has 0 bridgehead atoms. The SMILES string of the molecule is CSCC(=O)c1ccc2c(c1)OCC2. The number of carbonyl (C=O) groups is 1. The quantitative estimate of drug-likeness (QED) is 0.712. The maximum atomic E-state index is 11.6. The molecule has 0 aromatic heterocycles. The summed E-state index contributed by atoms with van der Waals surface area (Å²) in [5.74, 6) is 1.60. The average Bonchev–Trinajstić information content (AvgIpc) is 2.64. The third kappa shape index (κ3) is 1.77. The summed E-state index contributed by atoms with van der Waals surface area (Å²) in [4.78, 5) is 11.6. The Morgan fingerprint density at radius 2 is 2.43 bits per heavy atom. The molecule has 1 aliphatic heterocycles. The highest BCUT2D eigenvalue weighted by Crippen LogP contribution is 2.26. The minimum absolute atomic E-state index is 0.177. The van der Waals surface area contributed by atoms with Crippen LogP contribution < -0.4 is 4.74 Å². The lowest BCUT2D eigenvalue weighted by molar-refractivity contribution is 0.102. The number of carbonyl (C=O) groups excluding carboxylic acids is 1. The van der Waals surface area contributed by atoms with E-state index < -0.39 is 0 Å². The summed E-state index contributed by atoms with van der Waals surface area (Å²) < 4.78 is 5.41. The molecule has 1 heterocycles. The van der Waals surface area contributed by atoms with Gasteiger partial charge in [0.05, 0.1) is 12.4 Å². The summed E-state index contributed by atoms with van der Waals surface area (Å²) in [6.45, 7) is 0.746. The lowest BCUT2D eigenvalue weighted by atomic mass is 10.1. The minimum Gasteiger partial charge on any atom is -0.493 e. The van der Waals surface area contributed by atoms with E-state index in [4.69, 9.17) is 4.74 Å². The summed E-state index contributed by atoms with van der Waals surface area (Å²) in [6.07, 6.45) is 2.90. The van der Waals surface area contributed by atoms with Gasteiger partial charge in [0.15, 0.2) is 5.78 Å². The first-order valence-corrected chi connectivity index (χ1v) is 5.98. The fourth-order valence-corrected chi connectivity index (χ4v) is 1.98. The molecule has 0 saturated carbocycles. The van der Waals surface area contributed by atoms with Crippen molar-refractivity contribution >= 4 is 17.5 Å². The zero-order chi connectivity index (χ0) is 9.97. The van der Waals surface area contributed by atoms with Gasteiger partial charge >= 0.3 is 0 Å². The Hall–Kier alpha value is -0.960. The van der Waals surface area contributed by atoms with Gasteiger partial charge in [0.2, 0.25) is 0 Å². The Kier molecular flexibility index (Phi) is 2.77. The molecule has 0 amide bonds. The molecule has 2 rings (SSSR count). The van der Waals surface area contributed by atoms with E-state index in [-0.39, 0.29) is 5.78 Å². The molecule has 0 N–H and O–H groups in total. The Morgan fingerprint density at radius 1 is 1.57 bits per heavy atom. The summed E-state index contributed by atoms with van der Waals surface area (Å²) in [5, 5.41) is 0. The number of benzene rings is 1. The van der Waals surface area contributed by atoms with Gasteiger partial charge in [0.25, 0.3) is 0 Å². The van der Waals surface area contributed by atoms with Gasteiger partial charge in [0.1, 0.15) is 5.75 Å². The van der Waals surface area contributed by atoms with E-state index in [0.29, 0.717) is 5.75 Å². The van der Waals surface area contributed by atoms with Gasteiger partial charge in [-0.25, -0.2) is 0 Å². The van der Waals surface area contributed by atoms with Crippen LogP contribution in [0.15, 0.2) is 18.2 Å². The van der Waals surface area contributed by atoms with Gasteiger partial charge in [-0.3, -0.25) is 4.79 Å². The molecule has 1 aromatic carbocycles. The van der Waals surface area contributed by atoms with Crippen molar-refractivity contribution < 1.29 is 9.53 Å². The van der Waals surface area contributed by atoms with E-state index in [0.717, 1.165) is 24.3 Å². The predicted molar refractivity (Wildman–Crippen MR) is 58.4 cm³/mol. The molecule has 14 heavy (non-hydrogen) atoms. The molecule has 74 valence electrons. The lowest BCUT2D eigenvalue weighted by Gasteiger charge is -2.02. The first-order chi connectivity index (χ1) is 6.81. The van der Waals surface area contributed by atoms with Crippen LogP contribution >= 0.6 is 11.8 Å². The van der Waals surface area contributed by atoms with Crippen LogP contribution in [0.25, 0.3) is 0 Å². The van der Waals surface area contributed by atoms with Crippen LogP contribution in [-0.2, 0) is 6.42 Å². The van der Waals surface area contributed by atoms with E-state index in [2.05, 4.69) is 0 Å². The van der Waals surface area contributed by atoms with Gasteiger partial charge < -0.3 is 4.74 Å². The molecule has 0 fully saturated rings. The number of thioether (sulfide) groups is 1. The summed E-state index contributed by atoms with van der Waals surface area (Å²) in [5.41, 5.74) is 1.98. The lowest BCUT2D eigenvalue weighted by Crippen LogP contribution is -2.01. The molecule has 0 aliphatic carbocycles. The van der Waals surface area contributed by atoms with Crippen LogP contribution in [0.1, 0.15) is 15.9 Å². The molecule has 1 aromatic rings. The first-order valence-electron chi connectivity index (χ1n) is 4.59. The van der Waals surface area contributed by atoms with Crippen molar-refractivity contribution in [1.29, 1.82) is 0 Å². The zero-order valence-corrected chi connectivity index (χ0v) is 8.89. The Labute approximate surface area is 87.6 Å². The average molecular weight is 208 g/mol. The van der Waals surface area contributed by atoms with E-state index in [9.17, 15) is 4.79 Å². The third-order valence-corrected chi connectivity index (χ3v) is 2.84. The second-order valence-corrected chi connectivity index (χ2v) is 4.14. The van der Waals surface area contributed by atoms with E-state index in [1.54, 1.807) is 11.8 Å². The number of ether oxygens (including phenoxy) is 1. The van der Waals surface area contributed by atoms with Crippen molar-refractivity contribution in [2.45, 2.75) is 6.42 Å². The molecule has 0 unspecified atom stereocenters. The molecule has 0 saturated heterocycles. The highest BCUT2D eigenvalue weighted by atomic mass is 32.2.